The molecule has 7 atom stereocenters. The molecule has 1 unspecified atom stereocenters. The molecule has 1 aromatic carbocycles. The van der Waals surface area contributed by atoms with Gasteiger partial charge in [0, 0.05) is 6.54 Å². The van der Waals surface area contributed by atoms with Crippen molar-refractivity contribution in [2.75, 3.05) is 24.7 Å². The third-order valence-corrected chi connectivity index (χ3v) is 8.77. The Hall–Kier alpha value is -2.68. The molecule has 1 spiro atoms. The van der Waals surface area contributed by atoms with Crippen LogP contribution in [0.3, 0.4) is 0 Å². The van der Waals surface area contributed by atoms with Crippen molar-refractivity contribution >= 4 is 35.1 Å². The van der Waals surface area contributed by atoms with Gasteiger partial charge in [-0.2, -0.15) is 0 Å². The van der Waals surface area contributed by atoms with Crippen LogP contribution in [0, 0.1) is 17.8 Å². The Morgan fingerprint density at radius 3 is 2.59 bits per heavy atom. The smallest absolute Gasteiger partial charge is 0.313 e. The molecule has 2 fully saturated rings. The number of carbonyl (C=O) groups excluding carboxylic acids is 3. The number of nitrogens with zero attached hydrogens (tertiary/aromatic N) is 2. The number of esters is 1. The quantitative estimate of drug-likeness (QED) is 0.466. The first kappa shape index (κ1) is 25.9. The minimum absolute atomic E-state index is 0.103. The predicted molar refractivity (Wildman–Crippen MR) is 138 cm³/mol. The summed E-state index contributed by atoms with van der Waals surface area (Å²) in [6, 6.07) is 5.31. The van der Waals surface area contributed by atoms with Gasteiger partial charge >= 0.3 is 5.97 Å². The number of aliphatic hydroxyl groups is 1. The first-order chi connectivity index (χ1) is 17.7. The Morgan fingerprint density at radius 2 is 1.89 bits per heavy atom. The molecule has 9 heteroatoms. The molecule has 4 heterocycles. The minimum Gasteiger partial charge on any atom is -0.465 e. The third-order valence-electron chi connectivity index (χ3n) is 8.45. The van der Waals surface area contributed by atoms with Crippen LogP contribution >= 0.6 is 11.6 Å². The molecule has 4 aliphatic heterocycles. The highest BCUT2D eigenvalue weighted by atomic mass is 35.5. The Kier molecular flexibility index (Phi) is 6.71. The Labute approximate surface area is 221 Å². The van der Waals surface area contributed by atoms with E-state index in [1.54, 1.807) is 48.2 Å². The van der Waals surface area contributed by atoms with Crippen LogP contribution in [-0.2, 0) is 23.9 Å². The lowest BCUT2D eigenvalue weighted by Gasteiger charge is -2.41. The monoisotopic (exact) mass is 528 g/mol. The van der Waals surface area contributed by atoms with Gasteiger partial charge < -0.3 is 24.4 Å². The van der Waals surface area contributed by atoms with E-state index in [1.807, 2.05) is 26.0 Å². The zero-order valence-electron chi connectivity index (χ0n) is 21.3. The van der Waals surface area contributed by atoms with Gasteiger partial charge in [0.25, 0.3) is 5.91 Å². The number of halogens is 1. The number of likely N-dealkylation sites (tertiary alicyclic amines) is 1. The maximum atomic E-state index is 14.5. The van der Waals surface area contributed by atoms with E-state index in [9.17, 15) is 19.5 Å². The molecule has 0 aromatic heterocycles. The number of ether oxygens (including phenoxy) is 2. The number of benzene rings is 1. The first-order valence-corrected chi connectivity index (χ1v) is 13.3. The number of cyclic esters (lactones) is 1. The van der Waals surface area contributed by atoms with Crippen molar-refractivity contribution in [2.24, 2.45) is 17.8 Å². The number of fused-ring (bicyclic) bond motifs is 2. The zero-order chi connectivity index (χ0) is 26.5. The highest BCUT2D eigenvalue weighted by Crippen LogP contribution is 2.58. The molecule has 5 rings (SSSR count). The molecule has 1 aromatic rings. The second-order valence-corrected chi connectivity index (χ2v) is 10.9. The highest BCUT2D eigenvalue weighted by Gasteiger charge is 2.75. The SMILES string of the molecule is CC[C@H](C)[C@H](CO)N1C(=O)[C@@H]2[C@H]3C(=O)OCCC=C[C@@]3(C)O[C@@]23C=CCN(c2ccccc2Cl)C(=O)C13. The van der Waals surface area contributed by atoms with Gasteiger partial charge in [-0.1, -0.05) is 68.3 Å². The van der Waals surface area contributed by atoms with Gasteiger partial charge in [-0.3, -0.25) is 14.4 Å². The van der Waals surface area contributed by atoms with Gasteiger partial charge in [0.15, 0.2) is 0 Å². The summed E-state index contributed by atoms with van der Waals surface area (Å²) in [6.07, 6.45) is 8.52. The van der Waals surface area contributed by atoms with Crippen molar-refractivity contribution in [1.29, 1.82) is 0 Å². The Bertz CT molecular complexity index is 1170. The summed E-state index contributed by atoms with van der Waals surface area (Å²) in [4.78, 5) is 45.2. The fourth-order valence-corrected chi connectivity index (χ4v) is 6.72. The molecule has 2 amide bonds. The van der Waals surface area contributed by atoms with E-state index >= 15 is 0 Å². The van der Waals surface area contributed by atoms with E-state index < -0.39 is 41.1 Å². The number of amides is 2. The van der Waals surface area contributed by atoms with Crippen molar-refractivity contribution in [1.82, 2.24) is 4.90 Å². The average Bonchev–Trinajstić information content (AvgIpc) is 3.19. The molecule has 2 saturated heterocycles. The summed E-state index contributed by atoms with van der Waals surface area (Å²) in [5.74, 6) is -3.30. The summed E-state index contributed by atoms with van der Waals surface area (Å²) in [5.41, 5.74) is -2.04. The van der Waals surface area contributed by atoms with E-state index in [-0.39, 0.29) is 37.5 Å². The maximum absolute atomic E-state index is 14.5. The Balaban J connectivity index is 1.71. The lowest BCUT2D eigenvalue weighted by atomic mass is 9.74. The highest BCUT2D eigenvalue weighted by molar-refractivity contribution is 6.34. The summed E-state index contributed by atoms with van der Waals surface area (Å²) < 4.78 is 12.3. The zero-order valence-corrected chi connectivity index (χ0v) is 22.1. The summed E-state index contributed by atoms with van der Waals surface area (Å²) in [6.45, 7) is 5.79. The van der Waals surface area contributed by atoms with Gasteiger partial charge in [-0.05, 0) is 31.4 Å². The van der Waals surface area contributed by atoms with Crippen LogP contribution in [0.25, 0.3) is 0 Å². The first-order valence-electron chi connectivity index (χ1n) is 12.9. The number of hydrogen-bond donors (Lipinski definition) is 1. The molecular weight excluding hydrogens is 496 g/mol. The van der Waals surface area contributed by atoms with Gasteiger partial charge in [0.2, 0.25) is 5.91 Å². The second kappa shape index (κ2) is 9.57. The molecule has 8 nitrogen and oxygen atoms in total. The maximum Gasteiger partial charge on any atom is 0.313 e. The second-order valence-electron chi connectivity index (χ2n) is 10.5. The summed E-state index contributed by atoms with van der Waals surface area (Å²) >= 11 is 6.49. The molecule has 0 bridgehead atoms. The average molecular weight is 529 g/mol. The van der Waals surface area contributed by atoms with E-state index in [1.165, 1.54) is 4.90 Å². The normalized spacial score (nSPS) is 34.7. The lowest BCUT2D eigenvalue weighted by molar-refractivity contribution is -0.160. The van der Waals surface area contributed by atoms with E-state index in [0.717, 1.165) is 0 Å². The van der Waals surface area contributed by atoms with Crippen LogP contribution in [-0.4, -0.2) is 70.8 Å². The standard InChI is InChI=1S/C28H33ClN2O6/c1-4-17(2)20(16-32)31-23-25(34)30(19-11-6-5-10-18(19)29)14-9-13-28(23)21(24(31)33)22-26(35)36-15-8-7-12-27(22,3)37-28/h5-7,9-13,17,20-23,32H,4,8,14-16H2,1-3H3/t17-,20-,21-,22-,23?,27+,28-/m0/s1. The van der Waals surface area contributed by atoms with E-state index in [0.29, 0.717) is 23.6 Å². The number of carbonyl (C=O) groups is 3. The van der Waals surface area contributed by atoms with Crippen LogP contribution in [0.4, 0.5) is 5.69 Å². The van der Waals surface area contributed by atoms with Gasteiger partial charge in [0.05, 0.1) is 41.5 Å². The fourth-order valence-electron chi connectivity index (χ4n) is 6.49. The largest absolute Gasteiger partial charge is 0.465 e. The lowest BCUT2D eigenvalue weighted by Crippen LogP contribution is -2.60. The topological polar surface area (TPSA) is 96.4 Å². The fraction of sp³-hybridized carbons (Fsp3) is 0.536. The number of para-hydroxylation sites is 1. The van der Waals surface area contributed by atoms with Crippen LogP contribution < -0.4 is 4.90 Å². The third kappa shape index (κ3) is 3.83. The van der Waals surface area contributed by atoms with Crippen molar-refractivity contribution in [3.8, 4) is 0 Å². The van der Waals surface area contributed by atoms with Gasteiger partial charge in [0.1, 0.15) is 17.6 Å². The molecule has 198 valence electrons. The molecule has 0 saturated carbocycles. The van der Waals surface area contributed by atoms with Crippen LogP contribution in [0.2, 0.25) is 5.02 Å². The van der Waals surface area contributed by atoms with Crippen LogP contribution in [0.15, 0.2) is 48.6 Å². The molecule has 0 aliphatic carbocycles. The van der Waals surface area contributed by atoms with E-state index in [4.69, 9.17) is 21.1 Å². The van der Waals surface area contributed by atoms with Gasteiger partial charge in [-0.25, -0.2) is 0 Å². The number of hydrogen-bond acceptors (Lipinski definition) is 6. The summed E-state index contributed by atoms with van der Waals surface area (Å²) in [7, 11) is 0. The predicted octanol–water partition coefficient (Wildman–Crippen LogP) is 3.12. The molecular formula is C28H33ClN2O6. The number of aliphatic hydroxyl groups excluding tert-OH is 1. The van der Waals surface area contributed by atoms with Crippen molar-refractivity contribution in [3.05, 3.63) is 53.6 Å². The number of anilines is 1. The summed E-state index contributed by atoms with van der Waals surface area (Å²) in [5, 5.41) is 10.9. The Morgan fingerprint density at radius 1 is 1.14 bits per heavy atom. The van der Waals surface area contributed by atoms with Gasteiger partial charge in [-0.15, -0.1) is 0 Å². The number of rotatable bonds is 5. The van der Waals surface area contributed by atoms with Crippen molar-refractivity contribution < 1.29 is 29.0 Å². The molecule has 4 aliphatic rings. The van der Waals surface area contributed by atoms with E-state index in [2.05, 4.69) is 0 Å². The van der Waals surface area contributed by atoms with Crippen molar-refractivity contribution in [3.63, 3.8) is 0 Å². The molecule has 0 radical (unpaired) electrons. The van der Waals surface area contributed by atoms with Crippen LogP contribution in [0.5, 0.6) is 0 Å². The minimum atomic E-state index is -1.42. The van der Waals surface area contributed by atoms with Crippen LogP contribution in [0.1, 0.15) is 33.6 Å². The van der Waals surface area contributed by atoms with Crippen molar-refractivity contribution in [2.45, 2.75) is 56.9 Å². The molecule has 37 heavy (non-hydrogen) atoms. The molecule has 1 N–H and O–H groups in total.